The molecule has 1 fully saturated rings. The van der Waals surface area contributed by atoms with Crippen molar-refractivity contribution in [3.63, 3.8) is 0 Å². The number of esters is 1. The van der Waals surface area contributed by atoms with Gasteiger partial charge in [0.15, 0.2) is 5.96 Å². The Labute approximate surface area is 148 Å². The Morgan fingerprint density at radius 1 is 1.40 bits per heavy atom. The lowest BCUT2D eigenvalue weighted by Gasteiger charge is -2.33. The van der Waals surface area contributed by atoms with Gasteiger partial charge in [-0.1, -0.05) is 0 Å². The second-order valence-corrected chi connectivity index (χ2v) is 5.91. The molecular weight excluding hydrogens is 322 g/mol. The average Bonchev–Trinajstić information content (AvgIpc) is 2.64. The van der Waals surface area contributed by atoms with Crippen molar-refractivity contribution in [3.8, 4) is 11.5 Å². The van der Waals surface area contributed by atoms with Crippen molar-refractivity contribution < 1.29 is 19.4 Å². The summed E-state index contributed by atoms with van der Waals surface area (Å²) in [5.74, 6) is 1.53. The summed E-state index contributed by atoms with van der Waals surface area (Å²) in [4.78, 5) is 18.3. The summed E-state index contributed by atoms with van der Waals surface area (Å²) < 4.78 is 10.3. The number of carbonyl (C=O) groups is 1. The van der Waals surface area contributed by atoms with Crippen LogP contribution < -0.4 is 10.1 Å². The number of rotatable bonds is 5. The zero-order valence-corrected chi connectivity index (χ0v) is 15.1. The van der Waals surface area contributed by atoms with Crippen molar-refractivity contribution in [1.82, 2.24) is 10.2 Å². The maximum absolute atomic E-state index is 11.8. The second-order valence-electron chi connectivity index (χ2n) is 5.91. The fourth-order valence-corrected chi connectivity index (χ4v) is 2.92. The van der Waals surface area contributed by atoms with E-state index in [1.807, 2.05) is 6.92 Å². The molecule has 1 aliphatic rings. The van der Waals surface area contributed by atoms with E-state index in [-0.39, 0.29) is 17.6 Å². The van der Waals surface area contributed by atoms with Crippen molar-refractivity contribution in [2.45, 2.75) is 26.3 Å². The van der Waals surface area contributed by atoms with Crippen LogP contribution in [-0.2, 0) is 16.1 Å². The number of aliphatic imine (C=N–C) groups is 1. The van der Waals surface area contributed by atoms with Gasteiger partial charge in [0.25, 0.3) is 0 Å². The highest BCUT2D eigenvalue weighted by atomic mass is 16.5. The first kappa shape index (κ1) is 18.9. The summed E-state index contributed by atoms with van der Waals surface area (Å²) in [6, 6.07) is 5.12. The average molecular weight is 349 g/mol. The minimum Gasteiger partial charge on any atom is -0.508 e. The Hall–Kier alpha value is -2.44. The fraction of sp³-hybridized carbons (Fsp3) is 0.556. The number of piperidine rings is 1. The van der Waals surface area contributed by atoms with E-state index in [1.54, 1.807) is 32.4 Å². The SMILES string of the molecule is CCOC(=O)C1CCN(C(=NC)NCc2cc(OC)ccc2O)CC1. The molecule has 0 saturated carbocycles. The number of aromatic hydroxyl groups is 1. The number of nitrogens with zero attached hydrogens (tertiary/aromatic N) is 2. The number of methoxy groups -OCH3 is 1. The fourth-order valence-electron chi connectivity index (χ4n) is 2.92. The highest BCUT2D eigenvalue weighted by Gasteiger charge is 2.27. The number of carbonyl (C=O) groups excluding carboxylic acids is 1. The number of hydrogen-bond donors (Lipinski definition) is 2. The third-order valence-corrected chi connectivity index (χ3v) is 4.35. The van der Waals surface area contributed by atoms with Gasteiger partial charge < -0.3 is 24.8 Å². The van der Waals surface area contributed by atoms with Crippen molar-refractivity contribution in [2.75, 3.05) is 33.9 Å². The molecule has 2 rings (SSSR count). The summed E-state index contributed by atoms with van der Waals surface area (Å²) in [5.41, 5.74) is 0.738. The Morgan fingerprint density at radius 3 is 2.72 bits per heavy atom. The topological polar surface area (TPSA) is 83.4 Å². The molecule has 0 unspecified atom stereocenters. The van der Waals surface area contributed by atoms with Crippen molar-refractivity contribution in [1.29, 1.82) is 0 Å². The van der Waals surface area contributed by atoms with Crippen LogP contribution in [-0.4, -0.2) is 55.8 Å². The number of phenols is 1. The smallest absolute Gasteiger partial charge is 0.309 e. The highest BCUT2D eigenvalue weighted by Crippen LogP contribution is 2.23. The van der Waals surface area contributed by atoms with Crippen LogP contribution in [0.2, 0.25) is 0 Å². The lowest BCUT2D eigenvalue weighted by atomic mass is 9.97. The quantitative estimate of drug-likeness (QED) is 0.479. The molecular formula is C18H27N3O4. The number of likely N-dealkylation sites (tertiary alicyclic amines) is 1. The van der Waals surface area contributed by atoms with Crippen LogP contribution in [0.5, 0.6) is 11.5 Å². The Kier molecular flexibility index (Phi) is 6.91. The van der Waals surface area contributed by atoms with Gasteiger partial charge in [-0.2, -0.15) is 0 Å². The first-order valence-corrected chi connectivity index (χ1v) is 8.57. The van der Waals surface area contributed by atoms with Crippen LogP contribution in [0.3, 0.4) is 0 Å². The van der Waals surface area contributed by atoms with Crippen LogP contribution in [0.25, 0.3) is 0 Å². The number of ether oxygens (including phenoxy) is 2. The molecule has 0 radical (unpaired) electrons. The first-order chi connectivity index (χ1) is 12.1. The zero-order chi connectivity index (χ0) is 18.2. The molecule has 0 aromatic heterocycles. The van der Waals surface area contributed by atoms with Gasteiger partial charge in [-0.05, 0) is 38.0 Å². The molecule has 2 N–H and O–H groups in total. The lowest BCUT2D eigenvalue weighted by molar-refractivity contribution is -0.149. The third-order valence-electron chi connectivity index (χ3n) is 4.35. The molecule has 0 aliphatic carbocycles. The summed E-state index contributed by atoms with van der Waals surface area (Å²) in [6.45, 7) is 4.17. The van der Waals surface area contributed by atoms with Gasteiger partial charge in [-0.25, -0.2) is 0 Å². The molecule has 0 bridgehead atoms. The standard InChI is InChI=1S/C18H27N3O4/c1-4-25-17(23)13-7-9-21(10-8-13)18(19-2)20-12-14-11-15(24-3)5-6-16(14)22/h5-6,11,13,22H,4,7-10,12H2,1-3H3,(H,19,20). The van der Waals surface area contributed by atoms with Crippen LogP contribution in [0.15, 0.2) is 23.2 Å². The molecule has 7 nitrogen and oxygen atoms in total. The number of guanidine groups is 1. The number of phenolic OH excluding ortho intramolecular Hbond substituents is 1. The molecule has 0 spiro atoms. The van der Waals surface area contributed by atoms with Crippen LogP contribution >= 0.6 is 0 Å². The van der Waals surface area contributed by atoms with Crippen molar-refractivity contribution in [3.05, 3.63) is 23.8 Å². The van der Waals surface area contributed by atoms with Gasteiger partial charge in [0, 0.05) is 32.2 Å². The molecule has 1 aromatic rings. The van der Waals surface area contributed by atoms with Crippen molar-refractivity contribution >= 4 is 11.9 Å². The molecule has 1 aromatic carbocycles. The molecule has 138 valence electrons. The van der Waals surface area contributed by atoms with E-state index in [2.05, 4.69) is 15.2 Å². The minimum absolute atomic E-state index is 0.0308. The summed E-state index contributed by atoms with van der Waals surface area (Å²) >= 11 is 0. The summed E-state index contributed by atoms with van der Waals surface area (Å²) in [5, 5.41) is 13.2. The van der Waals surface area contributed by atoms with Gasteiger partial charge in [0.05, 0.1) is 19.6 Å². The molecule has 7 heteroatoms. The minimum atomic E-state index is -0.105. The van der Waals surface area contributed by atoms with Gasteiger partial charge in [0.1, 0.15) is 11.5 Å². The molecule has 1 saturated heterocycles. The van der Waals surface area contributed by atoms with Crippen LogP contribution in [0.4, 0.5) is 0 Å². The van der Waals surface area contributed by atoms with E-state index < -0.39 is 0 Å². The monoisotopic (exact) mass is 349 g/mol. The number of benzene rings is 1. The van der Waals surface area contributed by atoms with E-state index >= 15 is 0 Å². The van der Waals surface area contributed by atoms with Gasteiger partial charge in [-0.3, -0.25) is 9.79 Å². The number of nitrogens with one attached hydrogen (secondary N) is 1. The van der Waals surface area contributed by atoms with E-state index in [0.717, 1.165) is 37.5 Å². The normalized spacial score (nSPS) is 15.8. The van der Waals surface area contributed by atoms with E-state index in [0.29, 0.717) is 18.9 Å². The third kappa shape index (κ3) is 5.01. The molecule has 0 amide bonds. The van der Waals surface area contributed by atoms with Gasteiger partial charge in [-0.15, -0.1) is 0 Å². The second kappa shape index (κ2) is 9.15. The predicted molar refractivity (Wildman–Crippen MR) is 95.8 cm³/mol. The Balaban J connectivity index is 1.90. The maximum Gasteiger partial charge on any atom is 0.309 e. The first-order valence-electron chi connectivity index (χ1n) is 8.57. The Bertz CT molecular complexity index is 610. The highest BCUT2D eigenvalue weighted by molar-refractivity contribution is 5.80. The van der Waals surface area contributed by atoms with Gasteiger partial charge in [0.2, 0.25) is 0 Å². The van der Waals surface area contributed by atoms with Crippen LogP contribution in [0, 0.1) is 5.92 Å². The molecule has 25 heavy (non-hydrogen) atoms. The molecule has 0 atom stereocenters. The number of hydrogen-bond acceptors (Lipinski definition) is 5. The van der Waals surface area contributed by atoms with Crippen molar-refractivity contribution in [2.24, 2.45) is 10.9 Å². The van der Waals surface area contributed by atoms with Gasteiger partial charge >= 0.3 is 5.97 Å². The van der Waals surface area contributed by atoms with E-state index in [4.69, 9.17) is 9.47 Å². The van der Waals surface area contributed by atoms with E-state index in [1.165, 1.54) is 0 Å². The molecule has 1 heterocycles. The summed E-state index contributed by atoms with van der Waals surface area (Å²) in [6.07, 6.45) is 1.51. The Morgan fingerprint density at radius 2 is 2.12 bits per heavy atom. The molecule has 1 aliphatic heterocycles. The predicted octanol–water partition coefficient (Wildman–Crippen LogP) is 1.75. The van der Waals surface area contributed by atoms with Crippen LogP contribution in [0.1, 0.15) is 25.3 Å². The van der Waals surface area contributed by atoms with E-state index in [9.17, 15) is 9.90 Å². The summed E-state index contributed by atoms with van der Waals surface area (Å²) in [7, 11) is 3.32. The largest absolute Gasteiger partial charge is 0.508 e. The maximum atomic E-state index is 11.8. The lowest BCUT2D eigenvalue weighted by Crippen LogP contribution is -2.46. The zero-order valence-electron chi connectivity index (χ0n) is 15.1.